The van der Waals surface area contributed by atoms with Gasteiger partial charge in [-0.1, -0.05) is 23.9 Å². The van der Waals surface area contributed by atoms with Crippen molar-refractivity contribution < 1.29 is 19.4 Å². The van der Waals surface area contributed by atoms with Crippen LogP contribution in [0, 0.1) is 0 Å². The molecule has 9 heteroatoms. The number of thioether (sulfide) groups is 1. The van der Waals surface area contributed by atoms with Crippen molar-refractivity contribution in [2.45, 2.75) is 38.0 Å². The Bertz CT molecular complexity index is 761. The summed E-state index contributed by atoms with van der Waals surface area (Å²) in [5, 5.41) is 20.4. The van der Waals surface area contributed by atoms with E-state index in [1.807, 2.05) is 42.7 Å². The number of carbonyl (C=O) groups is 2. The standard InChI is InChI=1S/C17H22N4O4S/c1-4-21-16(19-20-17(21)26-10-15(23)24)11(2)18-14(22)9-12-5-7-13(25-3)8-6-12/h5-8,11H,4,9-10H2,1-3H3,(H,18,22)(H,23,24)/t11-/m0/s1. The number of aliphatic carboxylic acids is 1. The van der Waals surface area contributed by atoms with E-state index in [0.29, 0.717) is 17.5 Å². The number of amides is 1. The maximum Gasteiger partial charge on any atom is 0.313 e. The van der Waals surface area contributed by atoms with E-state index in [-0.39, 0.29) is 24.1 Å². The summed E-state index contributed by atoms with van der Waals surface area (Å²) >= 11 is 1.11. The molecule has 0 aliphatic rings. The molecule has 0 saturated heterocycles. The molecule has 0 spiro atoms. The Labute approximate surface area is 156 Å². The number of carboxylic acids is 1. The molecule has 0 aliphatic carbocycles. The fourth-order valence-corrected chi connectivity index (χ4v) is 3.17. The SMILES string of the molecule is CCn1c(SCC(=O)O)nnc1[C@H](C)NC(=O)Cc1ccc(OC)cc1. The average Bonchev–Trinajstić information content (AvgIpc) is 3.03. The lowest BCUT2D eigenvalue weighted by Gasteiger charge is -2.15. The van der Waals surface area contributed by atoms with Gasteiger partial charge in [-0.05, 0) is 31.5 Å². The van der Waals surface area contributed by atoms with Gasteiger partial charge in [-0.3, -0.25) is 9.59 Å². The molecule has 0 unspecified atom stereocenters. The van der Waals surface area contributed by atoms with Crippen LogP contribution in [-0.4, -0.2) is 44.6 Å². The van der Waals surface area contributed by atoms with Gasteiger partial charge in [0, 0.05) is 6.54 Å². The van der Waals surface area contributed by atoms with Crippen LogP contribution in [0.4, 0.5) is 0 Å². The average molecular weight is 378 g/mol. The van der Waals surface area contributed by atoms with Gasteiger partial charge in [0.25, 0.3) is 0 Å². The van der Waals surface area contributed by atoms with Crippen LogP contribution in [0.3, 0.4) is 0 Å². The predicted molar refractivity (Wildman–Crippen MR) is 97.3 cm³/mol. The number of carboxylic acid groups (broad SMARTS) is 1. The van der Waals surface area contributed by atoms with Gasteiger partial charge in [0.05, 0.1) is 25.3 Å². The number of ether oxygens (including phenoxy) is 1. The van der Waals surface area contributed by atoms with Gasteiger partial charge in [0.2, 0.25) is 5.91 Å². The molecular formula is C17H22N4O4S. The summed E-state index contributed by atoms with van der Waals surface area (Å²) in [5.41, 5.74) is 0.880. The minimum absolute atomic E-state index is 0.0870. The topological polar surface area (TPSA) is 106 Å². The van der Waals surface area contributed by atoms with Gasteiger partial charge in [-0.2, -0.15) is 0 Å². The molecule has 2 aromatic rings. The van der Waals surface area contributed by atoms with E-state index >= 15 is 0 Å². The summed E-state index contributed by atoms with van der Waals surface area (Å²) in [4.78, 5) is 23.0. The van der Waals surface area contributed by atoms with Gasteiger partial charge in [0.15, 0.2) is 11.0 Å². The highest BCUT2D eigenvalue weighted by atomic mass is 32.2. The predicted octanol–water partition coefficient (Wildman–Crippen LogP) is 1.90. The van der Waals surface area contributed by atoms with Gasteiger partial charge in [-0.15, -0.1) is 10.2 Å². The Hall–Kier alpha value is -2.55. The Morgan fingerprint density at radius 3 is 2.58 bits per heavy atom. The molecule has 140 valence electrons. The monoisotopic (exact) mass is 378 g/mol. The molecule has 1 aromatic heterocycles. The summed E-state index contributed by atoms with van der Waals surface area (Å²) in [6.45, 7) is 4.33. The second-order valence-electron chi connectivity index (χ2n) is 5.58. The molecule has 1 heterocycles. The van der Waals surface area contributed by atoms with E-state index in [1.165, 1.54) is 0 Å². The molecule has 1 atom stereocenters. The number of nitrogens with zero attached hydrogens (tertiary/aromatic N) is 3. The molecule has 0 bridgehead atoms. The lowest BCUT2D eigenvalue weighted by atomic mass is 10.1. The number of rotatable bonds is 9. The van der Waals surface area contributed by atoms with E-state index in [4.69, 9.17) is 9.84 Å². The second kappa shape index (κ2) is 9.23. The molecule has 1 aromatic carbocycles. The van der Waals surface area contributed by atoms with Crippen molar-refractivity contribution >= 4 is 23.6 Å². The first kappa shape index (κ1) is 19.8. The van der Waals surface area contributed by atoms with Crippen molar-refractivity contribution in [3.8, 4) is 5.75 Å². The second-order valence-corrected chi connectivity index (χ2v) is 6.52. The van der Waals surface area contributed by atoms with Crippen molar-refractivity contribution in [2.75, 3.05) is 12.9 Å². The van der Waals surface area contributed by atoms with Crippen LogP contribution in [0.15, 0.2) is 29.4 Å². The lowest BCUT2D eigenvalue weighted by Crippen LogP contribution is -2.30. The van der Waals surface area contributed by atoms with Gasteiger partial charge in [0.1, 0.15) is 5.75 Å². The van der Waals surface area contributed by atoms with E-state index in [2.05, 4.69) is 15.5 Å². The third kappa shape index (κ3) is 5.22. The smallest absolute Gasteiger partial charge is 0.313 e. The van der Waals surface area contributed by atoms with Crippen LogP contribution in [0.25, 0.3) is 0 Å². The maximum absolute atomic E-state index is 12.3. The highest BCUT2D eigenvalue weighted by molar-refractivity contribution is 7.99. The van der Waals surface area contributed by atoms with Gasteiger partial charge in [-0.25, -0.2) is 0 Å². The first-order chi connectivity index (χ1) is 12.4. The van der Waals surface area contributed by atoms with Crippen LogP contribution < -0.4 is 10.1 Å². The maximum atomic E-state index is 12.3. The summed E-state index contributed by atoms with van der Waals surface area (Å²) in [6.07, 6.45) is 0.245. The number of carbonyl (C=O) groups excluding carboxylic acids is 1. The minimum atomic E-state index is -0.914. The number of hydrogen-bond donors (Lipinski definition) is 2. The van der Waals surface area contributed by atoms with Crippen molar-refractivity contribution in [2.24, 2.45) is 0 Å². The first-order valence-corrected chi connectivity index (χ1v) is 9.13. The van der Waals surface area contributed by atoms with E-state index < -0.39 is 5.97 Å². The zero-order chi connectivity index (χ0) is 19.1. The normalized spacial score (nSPS) is 11.8. The van der Waals surface area contributed by atoms with Crippen molar-refractivity contribution in [1.82, 2.24) is 20.1 Å². The Balaban J connectivity index is 2.00. The van der Waals surface area contributed by atoms with Crippen LogP contribution in [0.5, 0.6) is 5.75 Å². The molecule has 26 heavy (non-hydrogen) atoms. The lowest BCUT2D eigenvalue weighted by molar-refractivity contribution is -0.134. The van der Waals surface area contributed by atoms with Crippen LogP contribution in [-0.2, 0) is 22.6 Å². The molecule has 0 radical (unpaired) electrons. The highest BCUT2D eigenvalue weighted by Crippen LogP contribution is 2.20. The molecule has 1 amide bonds. The van der Waals surface area contributed by atoms with Crippen LogP contribution in [0.2, 0.25) is 0 Å². The Kier molecular flexibility index (Phi) is 7.02. The molecular weight excluding hydrogens is 356 g/mol. The molecule has 2 N–H and O–H groups in total. The quantitative estimate of drug-likeness (QED) is 0.642. The van der Waals surface area contributed by atoms with E-state index in [9.17, 15) is 9.59 Å². The molecule has 8 nitrogen and oxygen atoms in total. The highest BCUT2D eigenvalue weighted by Gasteiger charge is 2.19. The number of nitrogens with one attached hydrogen (secondary N) is 1. The summed E-state index contributed by atoms with van der Waals surface area (Å²) in [6, 6.07) is 6.97. The zero-order valence-electron chi connectivity index (χ0n) is 14.9. The third-order valence-electron chi connectivity index (χ3n) is 3.67. The first-order valence-electron chi connectivity index (χ1n) is 8.14. The van der Waals surface area contributed by atoms with E-state index in [1.54, 1.807) is 7.11 Å². The summed E-state index contributed by atoms with van der Waals surface area (Å²) < 4.78 is 6.91. The molecule has 0 saturated carbocycles. The largest absolute Gasteiger partial charge is 0.497 e. The van der Waals surface area contributed by atoms with Crippen molar-refractivity contribution in [1.29, 1.82) is 0 Å². The number of benzene rings is 1. The van der Waals surface area contributed by atoms with Crippen molar-refractivity contribution in [3.63, 3.8) is 0 Å². The third-order valence-corrected chi connectivity index (χ3v) is 4.63. The Morgan fingerprint density at radius 2 is 2.00 bits per heavy atom. The number of aromatic nitrogens is 3. The number of methoxy groups -OCH3 is 1. The van der Waals surface area contributed by atoms with E-state index in [0.717, 1.165) is 23.1 Å². The van der Waals surface area contributed by atoms with Gasteiger partial charge < -0.3 is 19.7 Å². The van der Waals surface area contributed by atoms with Gasteiger partial charge >= 0.3 is 5.97 Å². The Morgan fingerprint density at radius 1 is 1.31 bits per heavy atom. The summed E-state index contributed by atoms with van der Waals surface area (Å²) in [5.74, 6) is 0.209. The van der Waals surface area contributed by atoms with Crippen molar-refractivity contribution in [3.05, 3.63) is 35.7 Å². The number of hydrogen-bond acceptors (Lipinski definition) is 6. The fourth-order valence-electron chi connectivity index (χ4n) is 2.44. The fraction of sp³-hybridized carbons (Fsp3) is 0.412. The molecule has 2 rings (SSSR count). The van der Waals surface area contributed by atoms with Crippen LogP contribution >= 0.6 is 11.8 Å². The molecule has 0 fully saturated rings. The zero-order valence-corrected chi connectivity index (χ0v) is 15.7. The minimum Gasteiger partial charge on any atom is -0.497 e. The molecule has 0 aliphatic heterocycles. The summed E-state index contributed by atoms with van der Waals surface area (Å²) in [7, 11) is 1.59. The van der Waals surface area contributed by atoms with Crippen LogP contribution in [0.1, 0.15) is 31.3 Å².